The van der Waals surface area contributed by atoms with Crippen molar-refractivity contribution in [2.24, 2.45) is 0 Å². The monoisotopic (exact) mass is 576 g/mol. The van der Waals surface area contributed by atoms with E-state index in [0.29, 0.717) is 19.8 Å². The highest BCUT2D eigenvalue weighted by atomic mass is 19.4. The average Bonchev–Trinajstić information content (AvgIpc) is 2.72. The highest BCUT2D eigenvalue weighted by Gasteiger charge is 2.93. The van der Waals surface area contributed by atoms with Crippen LogP contribution in [-0.2, 0) is 5.60 Å². The van der Waals surface area contributed by atoms with Crippen molar-refractivity contribution >= 4 is 0 Å². The largest absolute Gasteiger partial charge is 0.494 e. The normalized spacial score (nSPS) is 16.5. The molecule has 0 aliphatic rings. The number of ether oxygens (including phenoxy) is 1. The molecule has 0 radical (unpaired) electrons. The van der Waals surface area contributed by atoms with Gasteiger partial charge in [-0.1, -0.05) is 25.5 Å². The lowest BCUT2D eigenvalue weighted by Crippen LogP contribution is -2.72. The number of rotatable bonds is 12. The molecule has 0 bridgehead atoms. The van der Waals surface area contributed by atoms with Gasteiger partial charge in [-0.25, -0.2) is 0 Å². The Morgan fingerprint density at radius 1 is 0.703 bits per heavy atom. The van der Waals surface area contributed by atoms with Crippen LogP contribution < -0.4 is 4.74 Å². The van der Waals surface area contributed by atoms with Crippen LogP contribution in [0.4, 0.5) is 65.9 Å². The van der Waals surface area contributed by atoms with Crippen molar-refractivity contribution in [3.05, 3.63) is 29.8 Å². The number of hydrogen-bond donors (Lipinski definition) is 1. The van der Waals surface area contributed by atoms with Crippen molar-refractivity contribution in [2.75, 3.05) is 6.61 Å². The minimum Gasteiger partial charge on any atom is -0.494 e. The zero-order chi connectivity index (χ0) is 29.5. The Morgan fingerprint density at radius 2 is 1.16 bits per heavy atom. The zero-order valence-corrected chi connectivity index (χ0v) is 18.7. The van der Waals surface area contributed by atoms with Crippen LogP contribution >= 0.6 is 0 Å². The van der Waals surface area contributed by atoms with Gasteiger partial charge < -0.3 is 9.84 Å². The molecule has 1 rings (SSSR count). The van der Waals surface area contributed by atoms with Crippen molar-refractivity contribution < 1.29 is 75.7 Å². The lowest BCUT2D eigenvalue weighted by molar-refractivity contribution is -0.453. The molecule has 1 aromatic carbocycles. The molecule has 0 fully saturated rings. The lowest BCUT2D eigenvalue weighted by atomic mass is 9.83. The van der Waals surface area contributed by atoms with E-state index in [9.17, 15) is 71.0 Å². The summed E-state index contributed by atoms with van der Waals surface area (Å²) in [5.74, 6) is -47.3. The molecule has 2 nitrogen and oxygen atoms in total. The first-order valence-corrected chi connectivity index (χ1v) is 10.0. The van der Waals surface area contributed by atoms with Gasteiger partial charge >= 0.3 is 41.7 Å². The molecule has 0 heterocycles. The van der Waals surface area contributed by atoms with Gasteiger partial charge in [0, 0.05) is 0 Å². The van der Waals surface area contributed by atoms with Gasteiger partial charge in [-0.15, -0.1) is 0 Å². The summed E-state index contributed by atoms with van der Waals surface area (Å²) in [5, 5.41) is 10.2. The summed E-state index contributed by atoms with van der Waals surface area (Å²) in [6, 6.07) is 3.77. The number of alkyl halides is 15. The SMILES string of the molecule is CCCCOc1cccc(C(C)(O)CC(F)(F)C(F)(F)C(F)(F)C(F)(F)C(F)(F)C(F)(F)C(F)(F)F)c1. The molecule has 37 heavy (non-hydrogen) atoms. The maximum Gasteiger partial charge on any atom is 0.460 e. The van der Waals surface area contributed by atoms with Crippen LogP contribution in [-0.4, -0.2) is 53.4 Å². The molecule has 0 saturated carbocycles. The van der Waals surface area contributed by atoms with E-state index in [0.717, 1.165) is 18.2 Å². The summed E-state index contributed by atoms with van der Waals surface area (Å²) in [4.78, 5) is 0. The maximum atomic E-state index is 14.3. The molecule has 17 heteroatoms. The van der Waals surface area contributed by atoms with Gasteiger partial charge in [0.25, 0.3) is 0 Å². The third-order valence-electron chi connectivity index (χ3n) is 5.18. The summed E-state index contributed by atoms with van der Waals surface area (Å²) in [6.07, 6.45) is -9.45. The fourth-order valence-corrected chi connectivity index (χ4v) is 2.90. The number of unbranched alkanes of at least 4 members (excludes halogenated alkanes) is 1. The van der Waals surface area contributed by atoms with E-state index in [1.807, 2.05) is 0 Å². The highest BCUT2D eigenvalue weighted by molar-refractivity contribution is 5.32. The fraction of sp³-hybridized carbons (Fsp3) is 0.700. The molecule has 1 atom stereocenters. The third-order valence-corrected chi connectivity index (χ3v) is 5.18. The molecule has 0 aliphatic heterocycles. The molecule has 0 aromatic heterocycles. The van der Waals surface area contributed by atoms with Crippen molar-refractivity contribution in [1.29, 1.82) is 0 Å². The van der Waals surface area contributed by atoms with E-state index in [1.54, 1.807) is 6.92 Å². The van der Waals surface area contributed by atoms with Crippen LogP contribution in [0.25, 0.3) is 0 Å². The second kappa shape index (κ2) is 9.91. The predicted molar refractivity (Wildman–Crippen MR) is 96.8 cm³/mol. The van der Waals surface area contributed by atoms with Crippen molar-refractivity contribution in [2.45, 2.75) is 80.4 Å². The fourth-order valence-electron chi connectivity index (χ4n) is 2.90. The van der Waals surface area contributed by atoms with Gasteiger partial charge in [0.2, 0.25) is 0 Å². The Morgan fingerprint density at radius 3 is 1.62 bits per heavy atom. The van der Waals surface area contributed by atoms with E-state index in [1.165, 1.54) is 6.07 Å². The van der Waals surface area contributed by atoms with Gasteiger partial charge in [0.15, 0.2) is 0 Å². The Balaban J connectivity index is 3.45. The van der Waals surface area contributed by atoms with Crippen LogP contribution in [0.2, 0.25) is 0 Å². The molecule has 0 aliphatic carbocycles. The lowest BCUT2D eigenvalue weighted by Gasteiger charge is -2.42. The second-order valence-electron chi connectivity index (χ2n) is 8.25. The Bertz CT molecular complexity index is 923. The number of hydrogen-bond acceptors (Lipinski definition) is 2. The van der Waals surface area contributed by atoms with Crippen LogP contribution in [0, 0.1) is 0 Å². The van der Waals surface area contributed by atoms with Gasteiger partial charge in [-0.2, -0.15) is 65.9 Å². The van der Waals surface area contributed by atoms with E-state index in [4.69, 9.17) is 4.74 Å². The predicted octanol–water partition coefficient (Wildman–Crippen LogP) is 7.84. The van der Waals surface area contributed by atoms with E-state index < -0.39 is 59.3 Å². The molecule has 0 saturated heterocycles. The summed E-state index contributed by atoms with van der Waals surface area (Å²) in [7, 11) is 0. The quantitative estimate of drug-likeness (QED) is 0.203. The highest BCUT2D eigenvalue weighted by Crippen LogP contribution is 2.63. The Kier molecular flexibility index (Phi) is 8.83. The first-order valence-electron chi connectivity index (χ1n) is 10.0. The molecule has 1 unspecified atom stereocenters. The smallest absolute Gasteiger partial charge is 0.460 e. The van der Waals surface area contributed by atoms with Crippen LogP contribution in [0.3, 0.4) is 0 Å². The number of aliphatic hydroxyl groups is 1. The Hall–Kier alpha value is -2.07. The first-order chi connectivity index (χ1) is 16.2. The summed E-state index contributed by atoms with van der Waals surface area (Å²) in [6.45, 7) is 2.12. The molecular weight excluding hydrogens is 557 g/mol. The van der Waals surface area contributed by atoms with Crippen LogP contribution in [0.15, 0.2) is 24.3 Å². The van der Waals surface area contributed by atoms with Gasteiger partial charge in [-0.3, -0.25) is 0 Å². The van der Waals surface area contributed by atoms with Gasteiger partial charge in [0.1, 0.15) is 5.75 Å². The molecule has 1 N–H and O–H groups in total. The zero-order valence-electron chi connectivity index (χ0n) is 18.7. The molecule has 216 valence electrons. The average molecular weight is 576 g/mol. The summed E-state index contributed by atoms with van der Waals surface area (Å²) >= 11 is 0. The van der Waals surface area contributed by atoms with Crippen LogP contribution in [0.5, 0.6) is 5.75 Å². The summed E-state index contributed by atoms with van der Waals surface area (Å²) < 4.78 is 206. The van der Waals surface area contributed by atoms with Gasteiger partial charge in [-0.05, 0) is 31.0 Å². The topological polar surface area (TPSA) is 29.5 Å². The first kappa shape index (κ1) is 33.0. The number of benzene rings is 1. The van der Waals surface area contributed by atoms with Crippen molar-refractivity contribution in [3.63, 3.8) is 0 Å². The Labute approximate surface area is 199 Å². The third kappa shape index (κ3) is 5.55. The molecule has 0 amide bonds. The van der Waals surface area contributed by atoms with Gasteiger partial charge in [0.05, 0.1) is 18.6 Å². The summed E-state index contributed by atoms with van der Waals surface area (Å²) in [5.41, 5.74) is -4.03. The van der Waals surface area contributed by atoms with E-state index in [2.05, 4.69) is 0 Å². The standard InChI is InChI=1S/C20H19F15O2/c1-3-4-8-37-12-7-5-6-11(9-12)13(2,36)10-14(21,22)15(23,24)16(25,26)17(27,28)18(29,30)19(31,32)20(33,34)35/h5-7,9,36H,3-4,8,10H2,1-2H3. The molecule has 0 spiro atoms. The molecular formula is C20H19F15O2. The van der Waals surface area contributed by atoms with E-state index in [-0.39, 0.29) is 12.4 Å². The molecule has 1 aromatic rings. The maximum absolute atomic E-state index is 14.3. The van der Waals surface area contributed by atoms with Crippen molar-refractivity contribution in [1.82, 2.24) is 0 Å². The minimum atomic E-state index is -8.37. The second-order valence-corrected chi connectivity index (χ2v) is 8.25. The van der Waals surface area contributed by atoms with Crippen LogP contribution in [0.1, 0.15) is 38.7 Å². The minimum absolute atomic E-state index is 0.0500. The van der Waals surface area contributed by atoms with Crippen molar-refractivity contribution in [3.8, 4) is 5.75 Å². The van der Waals surface area contributed by atoms with E-state index >= 15 is 0 Å². The number of halogens is 15.